The Morgan fingerprint density at radius 1 is 1.37 bits per heavy atom. The van der Waals surface area contributed by atoms with Gasteiger partial charge in [-0.25, -0.2) is 9.59 Å². The Kier molecular flexibility index (Phi) is 6.60. The highest BCUT2D eigenvalue weighted by Crippen LogP contribution is 2.09. The predicted octanol–water partition coefficient (Wildman–Crippen LogP) is 0.943. The van der Waals surface area contributed by atoms with Crippen LogP contribution in [0.3, 0.4) is 0 Å². The number of rotatable bonds is 4. The van der Waals surface area contributed by atoms with E-state index in [1.807, 2.05) is 0 Å². The third kappa shape index (κ3) is 6.44. The van der Waals surface area contributed by atoms with E-state index in [4.69, 9.17) is 10.5 Å². The fourth-order valence-corrected chi connectivity index (χ4v) is 1.16. The summed E-state index contributed by atoms with van der Waals surface area (Å²) in [5.74, 6) is -0.687. The van der Waals surface area contributed by atoms with Gasteiger partial charge in [-0.3, -0.25) is 4.99 Å². The molecule has 3 N–H and O–H groups in total. The second-order valence-corrected chi connectivity index (χ2v) is 4.58. The highest BCUT2D eigenvalue weighted by Gasteiger charge is 2.28. The summed E-state index contributed by atoms with van der Waals surface area (Å²) in [6.07, 6.45) is 1.82. The molecule has 0 aromatic rings. The van der Waals surface area contributed by atoms with Crippen LogP contribution in [-0.4, -0.2) is 37.0 Å². The first-order valence-electron chi connectivity index (χ1n) is 5.73. The molecule has 0 rings (SSSR count). The number of hydrogen-bond donors (Lipinski definition) is 2. The monoisotopic (exact) mass is 271 g/mol. The van der Waals surface area contributed by atoms with E-state index in [2.05, 4.69) is 15.0 Å². The number of hydrogen-bond acceptors (Lipinski definition) is 6. The molecule has 1 amide bonds. The summed E-state index contributed by atoms with van der Waals surface area (Å²) in [4.78, 5) is 27.2. The van der Waals surface area contributed by atoms with Crippen LogP contribution >= 0.6 is 0 Å². The van der Waals surface area contributed by atoms with Crippen LogP contribution in [0.4, 0.5) is 4.79 Å². The Labute approximate surface area is 112 Å². The van der Waals surface area contributed by atoms with Crippen LogP contribution in [0.5, 0.6) is 0 Å². The molecule has 0 saturated heterocycles. The second kappa shape index (κ2) is 7.40. The quantitative estimate of drug-likeness (QED) is 0.585. The van der Waals surface area contributed by atoms with Gasteiger partial charge >= 0.3 is 12.1 Å². The number of methoxy groups -OCH3 is 1. The lowest BCUT2D eigenvalue weighted by Gasteiger charge is -2.22. The maximum absolute atomic E-state index is 11.7. The number of carbonyl (C=O) groups excluding carboxylic acids is 2. The van der Waals surface area contributed by atoms with Crippen molar-refractivity contribution in [1.82, 2.24) is 5.32 Å². The van der Waals surface area contributed by atoms with Crippen LogP contribution in [0.25, 0.3) is 0 Å². The van der Waals surface area contributed by atoms with Gasteiger partial charge in [0.05, 0.1) is 12.8 Å². The van der Waals surface area contributed by atoms with Crippen molar-refractivity contribution in [2.24, 2.45) is 10.7 Å². The molecule has 0 spiro atoms. The van der Waals surface area contributed by atoms with Crippen LogP contribution in [0.2, 0.25) is 0 Å². The Hall–Kier alpha value is -2.05. The number of nitrogens with two attached hydrogens (primary N) is 1. The van der Waals surface area contributed by atoms with Gasteiger partial charge in [0, 0.05) is 12.4 Å². The lowest BCUT2D eigenvalue weighted by molar-refractivity contribution is -0.142. The minimum Gasteiger partial charge on any atom is -0.467 e. The molecule has 0 bridgehead atoms. The van der Waals surface area contributed by atoms with Gasteiger partial charge in [0.2, 0.25) is 0 Å². The van der Waals surface area contributed by atoms with Crippen molar-refractivity contribution in [3.8, 4) is 0 Å². The summed E-state index contributed by atoms with van der Waals surface area (Å²) in [5, 5.41) is 2.36. The second-order valence-electron chi connectivity index (χ2n) is 4.58. The maximum atomic E-state index is 11.7. The SMILES string of the molecule is C/C=N\C(=C/N)C(NC(=O)OC(C)(C)C)C(=O)OC. The first-order chi connectivity index (χ1) is 8.75. The zero-order chi connectivity index (χ0) is 15.1. The predicted molar refractivity (Wildman–Crippen MR) is 71.6 cm³/mol. The Bertz CT molecular complexity index is 383. The number of carbonyl (C=O) groups is 2. The summed E-state index contributed by atoms with van der Waals surface area (Å²) >= 11 is 0. The van der Waals surface area contributed by atoms with Crippen molar-refractivity contribution < 1.29 is 19.1 Å². The zero-order valence-corrected chi connectivity index (χ0v) is 11.9. The van der Waals surface area contributed by atoms with E-state index in [0.29, 0.717) is 0 Å². The molecule has 0 aromatic carbocycles. The van der Waals surface area contributed by atoms with Crippen molar-refractivity contribution in [2.75, 3.05) is 7.11 Å². The number of amides is 1. The summed E-state index contributed by atoms with van der Waals surface area (Å²) < 4.78 is 9.65. The summed E-state index contributed by atoms with van der Waals surface area (Å²) in [5.41, 5.74) is 4.87. The van der Waals surface area contributed by atoms with Crippen LogP contribution in [0, 0.1) is 0 Å². The molecule has 19 heavy (non-hydrogen) atoms. The molecule has 1 atom stereocenters. The van der Waals surface area contributed by atoms with Crippen LogP contribution in [0.1, 0.15) is 27.7 Å². The van der Waals surface area contributed by atoms with Crippen LogP contribution < -0.4 is 11.1 Å². The largest absolute Gasteiger partial charge is 0.467 e. The number of esters is 1. The van der Waals surface area contributed by atoms with Crippen molar-refractivity contribution in [2.45, 2.75) is 39.3 Å². The molecule has 0 aliphatic carbocycles. The third-order valence-corrected chi connectivity index (χ3v) is 1.84. The molecule has 7 nitrogen and oxygen atoms in total. The normalized spacial score (nSPS) is 14.1. The first kappa shape index (κ1) is 16.9. The highest BCUT2D eigenvalue weighted by atomic mass is 16.6. The molecule has 7 heteroatoms. The average molecular weight is 271 g/mol. The van der Waals surface area contributed by atoms with E-state index >= 15 is 0 Å². The van der Waals surface area contributed by atoms with Crippen LogP contribution in [-0.2, 0) is 14.3 Å². The molecular formula is C12H21N3O4. The molecule has 0 aliphatic rings. The Balaban J connectivity index is 4.99. The molecule has 0 aliphatic heterocycles. The van der Waals surface area contributed by atoms with E-state index in [1.54, 1.807) is 27.7 Å². The standard InChI is InChI=1S/C12H21N3O4/c1-6-14-8(7-13)9(10(16)18-5)15-11(17)19-12(2,3)4/h6-7,9H,13H2,1-5H3,(H,15,17)/b8-7-,14-6-. The minimum absolute atomic E-state index is 0.167. The number of nitrogens with one attached hydrogen (secondary N) is 1. The van der Waals surface area contributed by atoms with Crippen molar-refractivity contribution >= 4 is 18.3 Å². The summed E-state index contributed by atoms with van der Waals surface area (Å²) in [6, 6.07) is -1.11. The molecule has 0 saturated carbocycles. The Morgan fingerprint density at radius 2 is 1.95 bits per heavy atom. The van der Waals surface area contributed by atoms with Gasteiger partial charge in [0.15, 0.2) is 6.04 Å². The minimum atomic E-state index is -1.11. The topological polar surface area (TPSA) is 103 Å². The lowest BCUT2D eigenvalue weighted by atomic mass is 10.2. The molecule has 0 fully saturated rings. The van der Waals surface area contributed by atoms with Gasteiger partial charge in [-0.05, 0) is 27.7 Å². The van der Waals surface area contributed by atoms with Gasteiger partial charge in [-0.2, -0.15) is 0 Å². The molecular weight excluding hydrogens is 250 g/mol. The molecule has 0 aromatic heterocycles. The van der Waals surface area contributed by atoms with Crippen molar-refractivity contribution in [3.05, 3.63) is 11.9 Å². The molecule has 108 valence electrons. The van der Waals surface area contributed by atoms with Gasteiger partial charge < -0.3 is 20.5 Å². The van der Waals surface area contributed by atoms with Gasteiger partial charge in [0.1, 0.15) is 5.60 Å². The summed E-state index contributed by atoms with van der Waals surface area (Å²) in [7, 11) is 1.20. The van der Waals surface area contributed by atoms with E-state index in [1.165, 1.54) is 13.3 Å². The summed E-state index contributed by atoms with van der Waals surface area (Å²) in [6.45, 7) is 6.79. The van der Waals surface area contributed by atoms with Crippen molar-refractivity contribution in [1.29, 1.82) is 0 Å². The van der Waals surface area contributed by atoms with Gasteiger partial charge in [-0.1, -0.05) is 0 Å². The van der Waals surface area contributed by atoms with Crippen molar-refractivity contribution in [3.63, 3.8) is 0 Å². The average Bonchev–Trinajstić information content (AvgIpc) is 2.30. The fourth-order valence-electron chi connectivity index (χ4n) is 1.16. The van der Waals surface area contributed by atoms with Gasteiger partial charge in [0.25, 0.3) is 0 Å². The van der Waals surface area contributed by atoms with E-state index < -0.39 is 23.7 Å². The smallest absolute Gasteiger partial charge is 0.408 e. The Morgan fingerprint density at radius 3 is 2.32 bits per heavy atom. The van der Waals surface area contributed by atoms with E-state index in [-0.39, 0.29) is 5.70 Å². The lowest BCUT2D eigenvalue weighted by Crippen LogP contribution is -2.45. The van der Waals surface area contributed by atoms with Crippen LogP contribution in [0.15, 0.2) is 16.9 Å². The molecule has 0 heterocycles. The molecule has 0 radical (unpaired) electrons. The number of alkyl carbamates (subject to hydrolysis) is 1. The number of ether oxygens (including phenoxy) is 2. The highest BCUT2D eigenvalue weighted by molar-refractivity contribution is 5.84. The zero-order valence-electron chi connectivity index (χ0n) is 11.9. The third-order valence-electron chi connectivity index (χ3n) is 1.84. The molecule has 1 unspecified atom stereocenters. The van der Waals surface area contributed by atoms with E-state index in [0.717, 1.165) is 6.20 Å². The first-order valence-corrected chi connectivity index (χ1v) is 5.73. The van der Waals surface area contributed by atoms with E-state index in [9.17, 15) is 9.59 Å². The fraction of sp³-hybridized carbons (Fsp3) is 0.583. The van der Waals surface area contributed by atoms with Gasteiger partial charge in [-0.15, -0.1) is 0 Å². The number of nitrogens with zero attached hydrogens (tertiary/aromatic N) is 1. The maximum Gasteiger partial charge on any atom is 0.408 e. The number of aliphatic imine (C=N–C) groups is 1.